The van der Waals surface area contributed by atoms with Gasteiger partial charge in [0.05, 0.1) is 17.9 Å². The van der Waals surface area contributed by atoms with Crippen LogP contribution >= 0.6 is 11.8 Å². The number of alkyl halides is 3. The molecule has 1 heterocycles. The number of hydrogen-bond donors (Lipinski definition) is 2. The number of hydrogen-bond acceptors (Lipinski definition) is 6. The Hall–Kier alpha value is -2.26. The fraction of sp³-hybridized carbons (Fsp3) is 0.571. The number of aliphatic hydroxyl groups is 1. The van der Waals surface area contributed by atoms with Crippen LogP contribution in [-0.4, -0.2) is 35.2 Å². The molecule has 0 radical (unpaired) electrons. The van der Waals surface area contributed by atoms with E-state index in [4.69, 9.17) is 10.5 Å². The highest BCUT2D eigenvalue weighted by Crippen LogP contribution is 2.33. The molecule has 0 aromatic rings. The Balaban J connectivity index is 3.46. The summed E-state index contributed by atoms with van der Waals surface area (Å²) < 4.78 is 46.7. The molecule has 0 spiro atoms. The highest BCUT2D eigenvalue weighted by atomic mass is 32.2. The van der Waals surface area contributed by atoms with E-state index in [1.54, 1.807) is 46.1 Å². The lowest BCUT2D eigenvalue weighted by Gasteiger charge is -2.32. The molecule has 4 atom stereocenters. The van der Waals surface area contributed by atoms with Crippen molar-refractivity contribution in [1.29, 1.82) is 0 Å². The van der Waals surface area contributed by atoms with Gasteiger partial charge in [0.2, 0.25) is 0 Å². The molecule has 5 nitrogen and oxygen atoms in total. The number of cyclic esters (lactones) is 1. The van der Waals surface area contributed by atoms with Crippen molar-refractivity contribution in [1.82, 2.24) is 0 Å². The maximum Gasteiger partial charge on any atom is 0.412 e. The molecule has 1 rings (SSSR count). The molecule has 0 amide bonds. The predicted octanol–water partition coefficient (Wildman–Crippen LogP) is 6.76. The number of ketones is 1. The smallest absolute Gasteiger partial charge is 0.412 e. The molecule has 0 unspecified atom stereocenters. The number of ether oxygens (including phenoxy) is 1. The number of thioether (sulfide) groups is 1. The third-order valence-electron chi connectivity index (χ3n) is 6.32. The van der Waals surface area contributed by atoms with Gasteiger partial charge in [0, 0.05) is 23.6 Å². The first kappa shape index (κ1) is 32.8. The Morgan fingerprint density at radius 3 is 2.46 bits per heavy atom. The average molecular weight is 544 g/mol. The van der Waals surface area contributed by atoms with Crippen molar-refractivity contribution < 1.29 is 32.6 Å². The Labute approximate surface area is 222 Å². The Bertz CT molecular complexity index is 963. The van der Waals surface area contributed by atoms with Gasteiger partial charge in [-0.25, -0.2) is 0 Å². The van der Waals surface area contributed by atoms with Crippen LogP contribution in [0, 0.1) is 17.3 Å². The summed E-state index contributed by atoms with van der Waals surface area (Å²) in [6.45, 7) is 13.9. The van der Waals surface area contributed by atoms with E-state index >= 15 is 0 Å². The Morgan fingerprint density at radius 1 is 1.27 bits per heavy atom. The van der Waals surface area contributed by atoms with Crippen LogP contribution in [-0.2, 0) is 14.3 Å². The molecule has 37 heavy (non-hydrogen) atoms. The molecule has 0 saturated heterocycles. The van der Waals surface area contributed by atoms with Crippen LogP contribution in [0.15, 0.2) is 58.0 Å². The van der Waals surface area contributed by atoms with Crippen LogP contribution < -0.4 is 5.73 Å². The number of Topliss-reactive ketones (excluding diaryl/α,β-unsaturated/α-hetero) is 1. The Kier molecular flexibility index (Phi) is 12.4. The van der Waals surface area contributed by atoms with E-state index in [1.807, 2.05) is 6.92 Å². The van der Waals surface area contributed by atoms with Crippen LogP contribution in [0.2, 0.25) is 0 Å². The van der Waals surface area contributed by atoms with Gasteiger partial charge in [-0.1, -0.05) is 52.5 Å². The van der Waals surface area contributed by atoms with Gasteiger partial charge in [0.15, 0.2) is 0 Å². The molecule has 0 aromatic carbocycles. The summed E-state index contributed by atoms with van der Waals surface area (Å²) in [5.74, 6) is -1.66. The van der Waals surface area contributed by atoms with Gasteiger partial charge in [0.1, 0.15) is 11.9 Å². The first-order valence-corrected chi connectivity index (χ1v) is 13.1. The first-order valence-electron chi connectivity index (χ1n) is 12.3. The molecule has 1 aliphatic heterocycles. The van der Waals surface area contributed by atoms with Gasteiger partial charge < -0.3 is 15.6 Å². The summed E-state index contributed by atoms with van der Waals surface area (Å²) in [5.41, 5.74) is 4.79. The minimum atomic E-state index is -4.56. The molecule has 0 aromatic heterocycles. The maximum absolute atomic E-state index is 13.7. The van der Waals surface area contributed by atoms with Crippen molar-refractivity contribution in [2.24, 2.45) is 23.0 Å². The van der Waals surface area contributed by atoms with Crippen LogP contribution in [0.5, 0.6) is 0 Å². The zero-order valence-electron chi connectivity index (χ0n) is 22.5. The van der Waals surface area contributed by atoms with E-state index in [2.05, 4.69) is 6.58 Å². The van der Waals surface area contributed by atoms with Gasteiger partial charge in [-0.3, -0.25) is 9.59 Å². The number of carbonyl (C=O) groups excluding carboxylic acids is 2. The van der Waals surface area contributed by atoms with E-state index in [0.717, 1.165) is 11.0 Å². The quantitative estimate of drug-likeness (QED) is 0.231. The number of rotatable bonds is 4. The zero-order valence-corrected chi connectivity index (χ0v) is 23.3. The second-order valence-corrected chi connectivity index (χ2v) is 11.5. The van der Waals surface area contributed by atoms with Crippen molar-refractivity contribution in [3.63, 3.8) is 0 Å². The summed E-state index contributed by atoms with van der Waals surface area (Å²) in [6, 6.07) is 0. The van der Waals surface area contributed by atoms with Crippen LogP contribution in [0.4, 0.5) is 13.2 Å². The zero-order chi connectivity index (χ0) is 28.6. The normalized spacial score (nSPS) is 29.7. The second-order valence-electron chi connectivity index (χ2n) is 10.3. The fourth-order valence-electron chi connectivity index (χ4n) is 4.04. The molecule has 9 heteroatoms. The highest BCUT2D eigenvalue weighted by Gasteiger charge is 2.40. The molecule has 208 valence electrons. The van der Waals surface area contributed by atoms with Gasteiger partial charge in [0.25, 0.3) is 0 Å². The number of halogens is 3. The molecule has 0 bridgehead atoms. The van der Waals surface area contributed by atoms with Gasteiger partial charge in [-0.2, -0.15) is 13.2 Å². The lowest BCUT2D eigenvalue weighted by Crippen LogP contribution is -2.42. The number of allylic oxidation sites excluding steroid dienone is 5. The third-order valence-corrected chi connectivity index (χ3v) is 7.11. The summed E-state index contributed by atoms with van der Waals surface area (Å²) in [6.07, 6.45) is -1.90. The standard InChI is InChI=1S/C28H40F3NO4S/c1-17(2)37-16-22(32)14-19(4)23-12-11-21(28(29,30)31)10-8-9-18(3)13-20(5)26(35)27(6,7)24(33)15-25(34)36-23/h8-9,11,14,16,18,20,23-24,33H,1,10,12-13,15,32H2,2-7H3/b9-8+,19-14+,21-11+,22-16-/t18-,20+,23-,24-/m0/s1. The van der Waals surface area contributed by atoms with Crippen LogP contribution in [0.1, 0.15) is 67.2 Å². The van der Waals surface area contributed by atoms with Crippen molar-refractivity contribution in [2.75, 3.05) is 0 Å². The number of nitrogens with two attached hydrogens (primary N) is 1. The molecule has 3 N–H and O–H groups in total. The van der Waals surface area contributed by atoms with Crippen molar-refractivity contribution >= 4 is 23.5 Å². The molecule has 0 saturated carbocycles. The van der Waals surface area contributed by atoms with Crippen molar-refractivity contribution in [3.8, 4) is 0 Å². The van der Waals surface area contributed by atoms with E-state index in [1.165, 1.54) is 23.9 Å². The Morgan fingerprint density at radius 2 is 1.89 bits per heavy atom. The average Bonchev–Trinajstić information content (AvgIpc) is 2.76. The lowest BCUT2D eigenvalue weighted by atomic mass is 9.74. The maximum atomic E-state index is 13.7. The molecular formula is C28H40F3NO4S. The topological polar surface area (TPSA) is 89.6 Å². The van der Waals surface area contributed by atoms with Crippen molar-refractivity contribution in [2.45, 2.75) is 85.6 Å². The predicted molar refractivity (Wildman–Crippen MR) is 143 cm³/mol. The second kappa shape index (κ2) is 14.0. The van der Waals surface area contributed by atoms with Crippen LogP contribution in [0.3, 0.4) is 0 Å². The summed E-state index contributed by atoms with van der Waals surface area (Å²) in [5, 5.41) is 12.4. The number of aliphatic hydroxyl groups excluding tert-OH is 1. The first-order chi connectivity index (χ1) is 16.9. The van der Waals surface area contributed by atoms with Gasteiger partial charge in [-0.15, -0.1) is 11.8 Å². The SMILES string of the molecule is C=C(C)S/C=C(N)/C=C(\C)[C@@H]1C/C=C(/C(F)(F)F)C/C=C/[C@H](C)C[C@@H](C)C(=O)C(C)(C)[C@@H](O)CC(=O)O1. The minimum Gasteiger partial charge on any atom is -0.457 e. The number of carbonyl (C=O) groups is 2. The highest BCUT2D eigenvalue weighted by molar-refractivity contribution is 8.05. The summed E-state index contributed by atoms with van der Waals surface area (Å²) >= 11 is 1.29. The minimum absolute atomic E-state index is 0.149. The fourth-order valence-corrected chi connectivity index (χ4v) is 4.44. The third kappa shape index (κ3) is 10.9. The molecule has 1 aliphatic rings. The van der Waals surface area contributed by atoms with E-state index in [-0.39, 0.29) is 24.5 Å². The molecule has 0 fully saturated rings. The monoisotopic (exact) mass is 543 g/mol. The van der Waals surface area contributed by atoms with Crippen molar-refractivity contribution in [3.05, 3.63) is 58.0 Å². The summed E-state index contributed by atoms with van der Waals surface area (Å²) in [7, 11) is 0. The number of esters is 1. The molecular weight excluding hydrogens is 503 g/mol. The lowest BCUT2D eigenvalue weighted by molar-refractivity contribution is -0.153. The van der Waals surface area contributed by atoms with Gasteiger partial charge >= 0.3 is 12.1 Å². The molecule has 0 aliphatic carbocycles. The van der Waals surface area contributed by atoms with Gasteiger partial charge in [-0.05, 0) is 54.6 Å². The van der Waals surface area contributed by atoms with E-state index < -0.39 is 47.7 Å². The van der Waals surface area contributed by atoms with Crippen LogP contribution in [0.25, 0.3) is 0 Å². The van der Waals surface area contributed by atoms with E-state index in [9.17, 15) is 27.9 Å². The summed E-state index contributed by atoms with van der Waals surface area (Å²) in [4.78, 5) is 26.6. The van der Waals surface area contributed by atoms with E-state index in [0.29, 0.717) is 17.7 Å². The largest absolute Gasteiger partial charge is 0.457 e.